The average Bonchev–Trinajstić information content (AvgIpc) is 2.75. The molecule has 0 fully saturated rings. The van der Waals surface area contributed by atoms with Crippen LogP contribution in [0.5, 0.6) is 11.5 Å². The molecule has 96 valence electrons. The smallest absolute Gasteiger partial charge is 0.310 e. The zero-order chi connectivity index (χ0) is 13.1. The van der Waals surface area contributed by atoms with Gasteiger partial charge in [0, 0.05) is 6.42 Å². The third-order valence-corrected chi connectivity index (χ3v) is 2.88. The normalized spacial score (nSPS) is 14.3. The van der Waals surface area contributed by atoms with Crippen LogP contribution in [0.3, 0.4) is 0 Å². The van der Waals surface area contributed by atoms with Crippen LogP contribution in [0.15, 0.2) is 18.2 Å². The van der Waals surface area contributed by atoms with Crippen LogP contribution in [-0.4, -0.2) is 23.7 Å². The molecule has 0 aromatic heterocycles. The zero-order valence-corrected chi connectivity index (χ0v) is 10.0. The minimum atomic E-state index is -0.935. The molecule has 1 atom stereocenters. The molecular weight excluding hydrogens is 236 g/mol. The summed E-state index contributed by atoms with van der Waals surface area (Å²) in [4.78, 5) is 22.2. The zero-order valence-electron chi connectivity index (χ0n) is 10.0. The van der Waals surface area contributed by atoms with Gasteiger partial charge in [-0.3, -0.25) is 4.79 Å². The fourth-order valence-electron chi connectivity index (χ4n) is 1.91. The average molecular weight is 250 g/mol. The summed E-state index contributed by atoms with van der Waals surface area (Å²) in [6, 6.07) is 5.06. The topological polar surface area (TPSA) is 72.8 Å². The van der Waals surface area contributed by atoms with E-state index in [9.17, 15) is 14.7 Å². The highest BCUT2D eigenvalue weighted by atomic mass is 16.7. The minimum absolute atomic E-state index is 0.0120. The van der Waals surface area contributed by atoms with E-state index in [2.05, 4.69) is 0 Å². The standard InChI is InChI=1S/C13H14O5/c1-8(14)2-4-10(13(15)16)9-3-5-11-12(6-9)18-7-17-11/h3,5-6,10H,2,4,7H2,1H3,(H,15,16). The fourth-order valence-corrected chi connectivity index (χ4v) is 1.91. The van der Waals surface area contributed by atoms with E-state index in [0.717, 1.165) is 0 Å². The van der Waals surface area contributed by atoms with Gasteiger partial charge < -0.3 is 19.4 Å². The molecule has 5 nitrogen and oxygen atoms in total. The Labute approximate surface area is 104 Å². The lowest BCUT2D eigenvalue weighted by atomic mass is 9.93. The van der Waals surface area contributed by atoms with Gasteiger partial charge in [-0.1, -0.05) is 6.07 Å². The van der Waals surface area contributed by atoms with Crippen molar-refractivity contribution >= 4 is 11.8 Å². The number of hydrogen-bond acceptors (Lipinski definition) is 4. The monoisotopic (exact) mass is 250 g/mol. The molecule has 1 aliphatic heterocycles. The lowest BCUT2D eigenvalue weighted by molar-refractivity contribution is -0.139. The van der Waals surface area contributed by atoms with Crippen LogP contribution < -0.4 is 9.47 Å². The van der Waals surface area contributed by atoms with Gasteiger partial charge in [0.15, 0.2) is 11.5 Å². The molecule has 0 spiro atoms. The molecule has 18 heavy (non-hydrogen) atoms. The highest BCUT2D eigenvalue weighted by Crippen LogP contribution is 2.35. The summed E-state index contributed by atoms with van der Waals surface area (Å²) in [6.45, 7) is 1.61. The van der Waals surface area contributed by atoms with Gasteiger partial charge in [-0.05, 0) is 31.0 Å². The van der Waals surface area contributed by atoms with Crippen LogP contribution in [0.1, 0.15) is 31.2 Å². The van der Waals surface area contributed by atoms with E-state index in [4.69, 9.17) is 9.47 Å². The van der Waals surface area contributed by atoms with E-state index in [1.54, 1.807) is 18.2 Å². The summed E-state index contributed by atoms with van der Waals surface area (Å²) in [5, 5.41) is 9.20. The molecular formula is C13H14O5. The maximum atomic E-state index is 11.2. The minimum Gasteiger partial charge on any atom is -0.481 e. The number of aliphatic carboxylic acids is 1. The Morgan fingerprint density at radius 2 is 2.06 bits per heavy atom. The predicted octanol–water partition coefficient (Wildman–Crippen LogP) is 1.95. The number of carbonyl (C=O) groups excluding carboxylic acids is 1. The van der Waals surface area contributed by atoms with Crippen molar-refractivity contribution in [1.29, 1.82) is 0 Å². The van der Waals surface area contributed by atoms with Crippen LogP contribution in [0.4, 0.5) is 0 Å². The number of carboxylic acids is 1. The van der Waals surface area contributed by atoms with Crippen molar-refractivity contribution in [1.82, 2.24) is 0 Å². The Morgan fingerprint density at radius 1 is 1.33 bits per heavy atom. The number of Topliss-reactive ketones (excluding diaryl/α,β-unsaturated/α-hetero) is 1. The molecule has 0 aliphatic carbocycles. The van der Waals surface area contributed by atoms with Gasteiger partial charge in [-0.15, -0.1) is 0 Å². The molecule has 0 bridgehead atoms. The van der Waals surface area contributed by atoms with Crippen molar-refractivity contribution in [3.63, 3.8) is 0 Å². The van der Waals surface area contributed by atoms with Gasteiger partial charge in [0.05, 0.1) is 5.92 Å². The number of ether oxygens (including phenoxy) is 2. The predicted molar refractivity (Wildman–Crippen MR) is 62.9 cm³/mol. The molecule has 1 aliphatic rings. The van der Waals surface area contributed by atoms with Crippen molar-refractivity contribution in [2.24, 2.45) is 0 Å². The maximum absolute atomic E-state index is 11.2. The summed E-state index contributed by atoms with van der Waals surface area (Å²) in [7, 11) is 0. The van der Waals surface area contributed by atoms with E-state index in [1.807, 2.05) is 0 Å². The molecule has 0 saturated carbocycles. The lowest BCUT2D eigenvalue weighted by Crippen LogP contribution is -2.12. The number of fused-ring (bicyclic) bond motifs is 1. The SMILES string of the molecule is CC(=O)CCC(C(=O)O)c1ccc2c(c1)OCO2. The highest BCUT2D eigenvalue weighted by molar-refractivity contribution is 5.79. The second kappa shape index (κ2) is 5.08. The molecule has 1 aromatic rings. The summed E-state index contributed by atoms with van der Waals surface area (Å²) >= 11 is 0. The molecule has 1 N–H and O–H groups in total. The van der Waals surface area contributed by atoms with E-state index in [0.29, 0.717) is 23.5 Å². The lowest BCUT2D eigenvalue weighted by Gasteiger charge is -2.12. The van der Waals surface area contributed by atoms with E-state index < -0.39 is 11.9 Å². The van der Waals surface area contributed by atoms with E-state index in [-0.39, 0.29) is 19.0 Å². The van der Waals surface area contributed by atoms with Gasteiger partial charge in [0.2, 0.25) is 6.79 Å². The highest BCUT2D eigenvalue weighted by Gasteiger charge is 2.23. The van der Waals surface area contributed by atoms with Crippen molar-refractivity contribution in [3.05, 3.63) is 23.8 Å². The van der Waals surface area contributed by atoms with Crippen LogP contribution in [0, 0.1) is 0 Å². The summed E-state index contributed by atoms with van der Waals surface area (Å²) < 4.78 is 10.4. The number of benzene rings is 1. The number of hydrogen-bond donors (Lipinski definition) is 1. The summed E-state index contributed by atoms with van der Waals surface area (Å²) in [6.07, 6.45) is 0.551. The molecule has 1 aromatic carbocycles. The number of carboxylic acid groups (broad SMARTS) is 1. The molecule has 0 saturated heterocycles. The van der Waals surface area contributed by atoms with Crippen molar-refractivity contribution in [2.75, 3.05) is 6.79 Å². The summed E-state index contributed by atoms with van der Waals surface area (Å²) in [5.74, 6) is -0.462. The van der Waals surface area contributed by atoms with Gasteiger partial charge in [0.25, 0.3) is 0 Å². The number of carbonyl (C=O) groups is 2. The van der Waals surface area contributed by atoms with Gasteiger partial charge in [0.1, 0.15) is 5.78 Å². The van der Waals surface area contributed by atoms with Gasteiger partial charge >= 0.3 is 5.97 Å². The number of ketones is 1. The van der Waals surface area contributed by atoms with Crippen LogP contribution >= 0.6 is 0 Å². The van der Waals surface area contributed by atoms with E-state index in [1.165, 1.54) is 6.92 Å². The molecule has 0 amide bonds. The first-order valence-corrected chi connectivity index (χ1v) is 5.69. The van der Waals surface area contributed by atoms with Crippen LogP contribution in [0.2, 0.25) is 0 Å². The number of rotatable bonds is 5. The second-order valence-corrected chi connectivity index (χ2v) is 4.24. The Bertz CT molecular complexity index is 480. The molecule has 0 radical (unpaired) electrons. The first-order chi connectivity index (χ1) is 8.58. The Kier molecular flexibility index (Phi) is 3.50. The largest absolute Gasteiger partial charge is 0.481 e. The van der Waals surface area contributed by atoms with Gasteiger partial charge in [-0.2, -0.15) is 0 Å². The Hall–Kier alpha value is -2.04. The van der Waals surface area contributed by atoms with Crippen molar-refractivity contribution < 1.29 is 24.2 Å². The van der Waals surface area contributed by atoms with Crippen LogP contribution in [-0.2, 0) is 9.59 Å². The first kappa shape index (κ1) is 12.4. The van der Waals surface area contributed by atoms with Crippen molar-refractivity contribution in [3.8, 4) is 11.5 Å². The molecule has 1 unspecified atom stereocenters. The Morgan fingerprint density at radius 3 is 2.72 bits per heavy atom. The molecule has 5 heteroatoms. The maximum Gasteiger partial charge on any atom is 0.310 e. The van der Waals surface area contributed by atoms with E-state index >= 15 is 0 Å². The van der Waals surface area contributed by atoms with Crippen LogP contribution in [0.25, 0.3) is 0 Å². The third-order valence-electron chi connectivity index (χ3n) is 2.88. The molecule has 1 heterocycles. The first-order valence-electron chi connectivity index (χ1n) is 5.69. The van der Waals surface area contributed by atoms with Crippen molar-refractivity contribution in [2.45, 2.75) is 25.7 Å². The quantitative estimate of drug-likeness (QED) is 0.864. The molecule has 2 rings (SSSR count). The second-order valence-electron chi connectivity index (χ2n) is 4.24. The summed E-state index contributed by atoms with van der Waals surface area (Å²) in [5.41, 5.74) is 0.632. The van der Waals surface area contributed by atoms with Gasteiger partial charge in [-0.25, -0.2) is 0 Å². The third kappa shape index (κ3) is 2.61. The fraction of sp³-hybridized carbons (Fsp3) is 0.385. The Balaban J connectivity index is 2.20.